The quantitative estimate of drug-likeness (QED) is 0.277. The number of hydrogen-bond donors (Lipinski definition) is 2. The van der Waals surface area contributed by atoms with E-state index in [4.69, 9.17) is 9.97 Å². The van der Waals surface area contributed by atoms with Crippen LogP contribution in [0.3, 0.4) is 0 Å². The fourth-order valence-corrected chi connectivity index (χ4v) is 6.65. The van der Waals surface area contributed by atoms with E-state index in [0.717, 1.165) is 23.7 Å². The van der Waals surface area contributed by atoms with Gasteiger partial charge < -0.3 is 10.2 Å². The molecule has 4 aromatic rings. The third-order valence-electron chi connectivity index (χ3n) is 7.38. The molecule has 11 nitrogen and oxygen atoms in total. The second-order valence-corrected chi connectivity index (χ2v) is 12.9. The first kappa shape index (κ1) is 28.1. The third-order valence-corrected chi connectivity index (χ3v) is 10.0. The van der Waals surface area contributed by atoms with Crippen LogP contribution in [0.5, 0.6) is 0 Å². The van der Waals surface area contributed by atoms with Crippen molar-refractivity contribution in [1.29, 1.82) is 0 Å². The van der Waals surface area contributed by atoms with Gasteiger partial charge in [-0.15, -0.1) is 11.3 Å². The van der Waals surface area contributed by atoms with Crippen LogP contribution in [-0.4, -0.2) is 89.9 Å². The lowest BCUT2D eigenvalue weighted by atomic mass is 10.1. The van der Waals surface area contributed by atoms with Gasteiger partial charge in [0, 0.05) is 37.4 Å². The van der Waals surface area contributed by atoms with Gasteiger partial charge in [0.2, 0.25) is 10.0 Å². The summed E-state index contributed by atoms with van der Waals surface area (Å²) in [5.74, 6) is 0.322. The normalized spacial score (nSPS) is 15.0. The Labute approximate surface area is 238 Å². The predicted molar refractivity (Wildman–Crippen MR) is 158 cm³/mol. The van der Waals surface area contributed by atoms with Gasteiger partial charge >= 0.3 is 0 Å². The molecule has 1 aliphatic heterocycles. The van der Waals surface area contributed by atoms with Crippen LogP contribution in [0.2, 0.25) is 0 Å². The highest BCUT2D eigenvalue weighted by Crippen LogP contribution is 2.31. The number of carbonyl (C=O) groups excluding carboxylic acids is 1. The number of thiophene rings is 1. The molecule has 1 fully saturated rings. The minimum Gasteiger partial charge on any atom is -0.354 e. The minimum atomic E-state index is -3.39. The number of nitrogens with one attached hydrogen (secondary N) is 2. The third kappa shape index (κ3) is 5.59. The molecule has 0 aliphatic carbocycles. The average Bonchev–Trinajstić information content (AvgIpc) is 3.61. The summed E-state index contributed by atoms with van der Waals surface area (Å²) >= 11 is 1.60. The van der Waals surface area contributed by atoms with Crippen LogP contribution in [-0.2, 0) is 10.0 Å². The lowest BCUT2D eigenvalue weighted by molar-refractivity contribution is 0.0938. The summed E-state index contributed by atoms with van der Waals surface area (Å²) in [6.07, 6.45) is 3.55. The molecule has 0 bridgehead atoms. The van der Waals surface area contributed by atoms with Gasteiger partial charge in [-0.2, -0.15) is 5.10 Å². The number of hydrogen-bond acceptors (Lipinski definition) is 9. The minimum absolute atomic E-state index is 0.183. The van der Waals surface area contributed by atoms with Crippen molar-refractivity contribution in [3.8, 4) is 21.8 Å². The van der Waals surface area contributed by atoms with Gasteiger partial charge in [0.15, 0.2) is 5.65 Å². The molecule has 4 aromatic heterocycles. The number of fused-ring (bicyclic) bond motifs is 1. The Morgan fingerprint density at radius 1 is 1.18 bits per heavy atom. The molecule has 40 heavy (non-hydrogen) atoms. The van der Waals surface area contributed by atoms with Crippen LogP contribution >= 0.6 is 11.3 Å². The molecule has 5 rings (SSSR count). The van der Waals surface area contributed by atoms with Crippen molar-refractivity contribution in [3.05, 3.63) is 53.7 Å². The standard InChI is InChI=1S/C27H34N8O3S2/c1-5-33(6-2)18(3)14-29-27(36)19-12-23(31-25(13-19)34-16-20(17-34)40(37,38)28-4)21-15-30-35-10-9-22(32-26(21)35)24-8-7-11-39-24/h7-13,15,18,20,28H,5-6,14,16-17H2,1-4H3,(H,29,36). The summed E-state index contributed by atoms with van der Waals surface area (Å²) in [7, 11) is -1.98. The van der Waals surface area contributed by atoms with Crippen molar-refractivity contribution in [1.82, 2.24) is 34.5 Å². The molecule has 1 aliphatic rings. The number of pyridine rings is 1. The highest BCUT2D eigenvalue weighted by molar-refractivity contribution is 7.90. The van der Waals surface area contributed by atoms with E-state index >= 15 is 0 Å². The van der Waals surface area contributed by atoms with Gasteiger partial charge in [-0.3, -0.25) is 9.69 Å². The monoisotopic (exact) mass is 582 g/mol. The van der Waals surface area contributed by atoms with E-state index in [9.17, 15) is 13.2 Å². The molecule has 0 saturated carbocycles. The first-order valence-corrected chi connectivity index (χ1v) is 15.8. The van der Waals surface area contributed by atoms with Crippen molar-refractivity contribution < 1.29 is 13.2 Å². The first-order valence-electron chi connectivity index (χ1n) is 13.3. The van der Waals surface area contributed by atoms with Crippen molar-refractivity contribution in [3.63, 3.8) is 0 Å². The maximum atomic E-state index is 13.4. The van der Waals surface area contributed by atoms with E-state index in [-0.39, 0.29) is 25.0 Å². The number of aromatic nitrogens is 4. The topological polar surface area (TPSA) is 125 Å². The number of anilines is 1. The van der Waals surface area contributed by atoms with Crippen LogP contribution in [0.4, 0.5) is 5.82 Å². The molecule has 2 N–H and O–H groups in total. The van der Waals surface area contributed by atoms with E-state index in [2.05, 4.69) is 40.8 Å². The molecule has 212 valence electrons. The van der Waals surface area contributed by atoms with Crippen molar-refractivity contribution in [2.75, 3.05) is 44.7 Å². The Kier molecular flexibility index (Phi) is 8.17. The Balaban J connectivity index is 1.50. The lowest BCUT2D eigenvalue weighted by Gasteiger charge is -2.39. The predicted octanol–water partition coefficient (Wildman–Crippen LogP) is 2.72. The number of sulfonamides is 1. The van der Waals surface area contributed by atoms with Crippen LogP contribution in [0, 0.1) is 0 Å². The lowest BCUT2D eigenvalue weighted by Crippen LogP contribution is -2.57. The van der Waals surface area contributed by atoms with Gasteiger partial charge in [0.1, 0.15) is 11.1 Å². The highest BCUT2D eigenvalue weighted by Gasteiger charge is 2.37. The Morgan fingerprint density at radius 2 is 1.95 bits per heavy atom. The van der Waals surface area contributed by atoms with E-state index in [0.29, 0.717) is 34.8 Å². The second kappa shape index (κ2) is 11.6. The Morgan fingerprint density at radius 3 is 2.62 bits per heavy atom. The maximum absolute atomic E-state index is 13.4. The molecule has 1 saturated heterocycles. The zero-order valence-electron chi connectivity index (χ0n) is 23.0. The zero-order chi connectivity index (χ0) is 28.4. The molecule has 0 radical (unpaired) electrons. The second-order valence-electron chi connectivity index (χ2n) is 9.77. The Hall–Kier alpha value is -3.39. The maximum Gasteiger partial charge on any atom is 0.251 e. The van der Waals surface area contributed by atoms with Crippen LogP contribution in [0.25, 0.3) is 27.5 Å². The van der Waals surface area contributed by atoms with Gasteiger partial charge in [0.25, 0.3) is 5.91 Å². The molecule has 0 aromatic carbocycles. The number of likely N-dealkylation sites (N-methyl/N-ethyl adjacent to an activating group) is 1. The summed E-state index contributed by atoms with van der Waals surface area (Å²) in [5, 5.41) is 8.99. The molecular weight excluding hydrogens is 548 g/mol. The average molecular weight is 583 g/mol. The SMILES string of the molecule is CCN(CC)C(C)CNC(=O)c1cc(-c2cnn3ccc(-c4cccs4)nc23)nc(N2CC(S(=O)(=O)NC)C2)c1. The van der Waals surface area contributed by atoms with E-state index in [1.165, 1.54) is 7.05 Å². The number of rotatable bonds is 11. The van der Waals surface area contributed by atoms with Crippen molar-refractivity contribution in [2.24, 2.45) is 0 Å². The van der Waals surface area contributed by atoms with Gasteiger partial charge in [0.05, 0.1) is 28.0 Å². The van der Waals surface area contributed by atoms with Crippen LogP contribution in [0.1, 0.15) is 31.1 Å². The van der Waals surface area contributed by atoms with Gasteiger partial charge in [-0.25, -0.2) is 27.6 Å². The van der Waals surface area contributed by atoms with E-state index in [1.807, 2.05) is 34.7 Å². The van der Waals surface area contributed by atoms with Crippen molar-refractivity contribution >= 4 is 38.7 Å². The fraction of sp³-hybridized carbons (Fsp3) is 0.407. The number of nitrogens with zero attached hydrogens (tertiary/aromatic N) is 6. The number of carbonyl (C=O) groups is 1. The Bertz CT molecular complexity index is 1590. The molecule has 0 spiro atoms. The highest BCUT2D eigenvalue weighted by atomic mass is 32.2. The molecule has 1 amide bonds. The molecule has 5 heterocycles. The van der Waals surface area contributed by atoms with Gasteiger partial charge in [-0.05, 0) is 56.7 Å². The summed E-state index contributed by atoms with van der Waals surface area (Å²) in [5.41, 5.74) is 3.12. The summed E-state index contributed by atoms with van der Waals surface area (Å²) < 4.78 is 28.6. The molecule has 13 heteroatoms. The molecule has 1 unspecified atom stereocenters. The summed E-state index contributed by atoms with van der Waals surface area (Å²) in [6.45, 7) is 9.18. The molecular formula is C27H34N8O3S2. The van der Waals surface area contributed by atoms with Crippen molar-refractivity contribution in [2.45, 2.75) is 32.1 Å². The smallest absolute Gasteiger partial charge is 0.251 e. The summed E-state index contributed by atoms with van der Waals surface area (Å²) in [6, 6.07) is 9.56. The molecule has 1 atom stereocenters. The first-order chi connectivity index (χ1) is 19.2. The van der Waals surface area contributed by atoms with E-state index < -0.39 is 15.3 Å². The number of amides is 1. The summed E-state index contributed by atoms with van der Waals surface area (Å²) in [4.78, 5) is 28.3. The fourth-order valence-electron chi connectivity index (χ4n) is 4.86. The van der Waals surface area contributed by atoms with Crippen LogP contribution in [0.15, 0.2) is 48.1 Å². The van der Waals surface area contributed by atoms with E-state index in [1.54, 1.807) is 34.2 Å². The van der Waals surface area contributed by atoms with Gasteiger partial charge in [-0.1, -0.05) is 19.9 Å². The zero-order valence-corrected chi connectivity index (χ0v) is 24.7. The largest absolute Gasteiger partial charge is 0.354 e. The van der Waals surface area contributed by atoms with Crippen LogP contribution < -0.4 is 14.9 Å².